The van der Waals surface area contributed by atoms with E-state index in [4.69, 9.17) is 11.6 Å². The monoisotopic (exact) mass is 382 g/mol. The summed E-state index contributed by atoms with van der Waals surface area (Å²) < 4.78 is 1.85. The van der Waals surface area contributed by atoms with Crippen LogP contribution in [0.5, 0.6) is 0 Å². The van der Waals surface area contributed by atoms with Gasteiger partial charge >= 0.3 is 6.03 Å². The molecule has 3 aromatic rings. The summed E-state index contributed by atoms with van der Waals surface area (Å²) in [5, 5.41) is 11.1. The van der Waals surface area contributed by atoms with Crippen molar-refractivity contribution < 1.29 is 4.79 Å². The van der Waals surface area contributed by atoms with Gasteiger partial charge in [0.15, 0.2) is 0 Å². The van der Waals surface area contributed by atoms with Crippen LogP contribution < -0.4 is 10.6 Å². The molecule has 0 fully saturated rings. The Hall–Kier alpha value is -2.79. The summed E-state index contributed by atoms with van der Waals surface area (Å²) in [7, 11) is 0. The molecule has 5 nitrogen and oxygen atoms in total. The molecule has 1 heterocycles. The van der Waals surface area contributed by atoms with Crippen molar-refractivity contribution in [1.29, 1.82) is 0 Å². The lowest BCUT2D eigenvalue weighted by atomic mass is 10.1. The Bertz CT molecular complexity index is 974. The van der Waals surface area contributed by atoms with Crippen LogP contribution >= 0.6 is 11.6 Å². The van der Waals surface area contributed by atoms with E-state index in [1.807, 2.05) is 68.8 Å². The SMILES string of the molecule is Cc1cc(C)cc(NC(=O)Nc2c(C)nn(Cc3ccccc3Cl)c2C)c1. The first-order valence-electron chi connectivity index (χ1n) is 8.77. The number of aryl methyl sites for hydroxylation is 3. The van der Waals surface area contributed by atoms with Crippen molar-refractivity contribution in [2.45, 2.75) is 34.2 Å². The van der Waals surface area contributed by atoms with Gasteiger partial charge in [-0.3, -0.25) is 4.68 Å². The summed E-state index contributed by atoms with van der Waals surface area (Å²) in [5.41, 5.74) is 6.30. The van der Waals surface area contributed by atoms with Gasteiger partial charge in [-0.05, 0) is 62.6 Å². The molecule has 0 aliphatic carbocycles. The summed E-state index contributed by atoms with van der Waals surface area (Å²) >= 11 is 6.25. The number of carbonyl (C=O) groups is 1. The van der Waals surface area contributed by atoms with Gasteiger partial charge < -0.3 is 10.6 Å². The van der Waals surface area contributed by atoms with E-state index in [9.17, 15) is 4.79 Å². The highest BCUT2D eigenvalue weighted by Crippen LogP contribution is 2.23. The van der Waals surface area contributed by atoms with E-state index < -0.39 is 0 Å². The molecule has 0 bridgehead atoms. The Labute approximate surface area is 164 Å². The number of urea groups is 1. The summed E-state index contributed by atoms with van der Waals surface area (Å²) in [5.74, 6) is 0. The number of nitrogens with zero attached hydrogens (tertiary/aromatic N) is 2. The first kappa shape index (κ1) is 19.0. The normalized spacial score (nSPS) is 10.7. The third kappa shape index (κ3) is 4.49. The minimum absolute atomic E-state index is 0.288. The van der Waals surface area contributed by atoms with Crippen LogP contribution in [-0.2, 0) is 6.54 Å². The second-order valence-electron chi connectivity index (χ2n) is 6.75. The van der Waals surface area contributed by atoms with Gasteiger partial charge in [0.25, 0.3) is 0 Å². The van der Waals surface area contributed by atoms with Gasteiger partial charge in [-0.25, -0.2) is 4.79 Å². The number of halogens is 1. The molecule has 0 aliphatic rings. The minimum atomic E-state index is -0.288. The number of carbonyl (C=O) groups excluding carboxylic acids is 1. The smallest absolute Gasteiger partial charge is 0.308 e. The van der Waals surface area contributed by atoms with Crippen molar-refractivity contribution in [3.8, 4) is 0 Å². The van der Waals surface area contributed by atoms with Crippen LogP contribution in [0.4, 0.5) is 16.2 Å². The van der Waals surface area contributed by atoms with Crippen molar-refractivity contribution in [3.05, 3.63) is 75.6 Å². The fourth-order valence-electron chi connectivity index (χ4n) is 3.14. The second kappa shape index (κ2) is 7.84. The summed E-state index contributed by atoms with van der Waals surface area (Å²) in [6, 6.07) is 13.3. The van der Waals surface area contributed by atoms with Crippen molar-refractivity contribution in [1.82, 2.24) is 9.78 Å². The second-order valence-corrected chi connectivity index (χ2v) is 7.16. The average molecular weight is 383 g/mol. The molecule has 2 N–H and O–H groups in total. The first-order chi connectivity index (χ1) is 12.8. The fraction of sp³-hybridized carbons (Fsp3) is 0.238. The van der Waals surface area contributed by atoms with Crippen LogP contribution in [0, 0.1) is 27.7 Å². The quantitative estimate of drug-likeness (QED) is 0.629. The van der Waals surface area contributed by atoms with Gasteiger partial charge in [-0.2, -0.15) is 5.10 Å². The number of benzene rings is 2. The van der Waals surface area contributed by atoms with Gasteiger partial charge in [-0.1, -0.05) is 35.9 Å². The van der Waals surface area contributed by atoms with Crippen LogP contribution in [0.15, 0.2) is 42.5 Å². The van der Waals surface area contributed by atoms with E-state index in [-0.39, 0.29) is 6.03 Å². The molecule has 2 aromatic carbocycles. The Balaban J connectivity index is 1.76. The highest BCUT2D eigenvalue weighted by Gasteiger charge is 2.15. The third-order valence-electron chi connectivity index (χ3n) is 4.38. The summed E-state index contributed by atoms with van der Waals surface area (Å²) in [6.45, 7) is 8.37. The van der Waals surface area contributed by atoms with E-state index in [1.54, 1.807) is 0 Å². The molecule has 3 rings (SSSR count). The number of aromatic nitrogens is 2. The third-order valence-corrected chi connectivity index (χ3v) is 4.75. The maximum Gasteiger partial charge on any atom is 0.323 e. The molecular formula is C21H23ClN4O. The molecule has 2 amide bonds. The molecule has 1 aromatic heterocycles. The highest BCUT2D eigenvalue weighted by molar-refractivity contribution is 6.31. The zero-order chi connectivity index (χ0) is 19.6. The van der Waals surface area contributed by atoms with Crippen LogP contribution in [-0.4, -0.2) is 15.8 Å². The predicted octanol–water partition coefficient (Wildman–Crippen LogP) is 5.46. The van der Waals surface area contributed by atoms with Gasteiger partial charge in [0.1, 0.15) is 0 Å². The lowest BCUT2D eigenvalue weighted by Gasteiger charge is -2.10. The molecular weight excluding hydrogens is 360 g/mol. The Morgan fingerprint density at radius 3 is 2.37 bits per heavy atom. The number of hydrogen-bond acceptors (Lipinski definition) is 2. The Kier molecular flexibility index (Phi) is 5.51. The van der Waals surface area contributed by atoms with Crippen molar-refractivity contribution in [2.24, 2.45) is 0 Å². The molecule has 0 saturated carbocycles. The molecule has 27 heavy (non-hydrogen) atoms. The number of rotatable bonds is 4. The largest absolute Gasteiger partial charge is 0.323 e. The summed E-state index contributed by atoms with van der Waals surface area (Å²) in [6.07, 6.45) is 0. The van der Waals surface area contributed by atoms with Gasteiger partial charge in [-0.15, -0.1) is 0 Å². The lowest BCUT2D eigenvalue weighted by molar-refractivity contribution is 0.262. The van der Waals surface area contributed by atoms with Crippen molar-refractivity contribution >= 4 is 29.0 Å². The highest BCUT2D eigenvalue weighted by atomic mass is 35.5. The van der Waals surface area contributed by atoms with E-state index in [0.29, 0.717) is 17.3 Å². The van der Waals surface area contributed by atoms with Crippen LogP contribution in [0.3, 0.4) is 0 Å². The van der Waals surface area contributed by atoms with Crippen molar-refractivity contribution in [2.75, 3.05) is 10.6 Å². The van der Waals surface area contributed by atoms with E-state index in [2.05, 4.69) is 21.8 Å². The maximum absolute atomic E-state index is 12.5. The average Bonchev–Trinajstić information content (AvgIpc) is 2.83. The van der Waals surface area contributed by atoms with E-state index >= 15 is 0 Å². The molecule has 0 atom stereocenters. The lowest BCUT2D eigenvalue weighted by Crippen LogP contribution is -2.20. The van der Waals surface area contributed by atoms with Gasteiger partial charge in [0, 0.05) is 10.7 Å². The molecule has 0 spiro atoms. The number of hydrogen-bond donors (Lipinski definition) is 2. The zero-order valence-corrected chi connectivity index (χ0v) is 16.7. The Morgan fingerprint density at radius 2 is 1.70 bits per heavy atom. The van der Waals surface area contributed by atoms with Gasteiger partial charge in [0.05, 0.1) is 23.6 Å². The fourth-order valence-corrected chi connectivity index (χ4v) is 3.34. The molecule has 0 aliphatic heterocycles. The number of amides is 2. The molecule has 0 radical (unpaired) electrons. The van der Waals surface area contributed by atoms with E-state index in [1.165, 1.54) is 0 Å². The number of anilines is 2. The van der Waals surface area contributed by atoms with E-state index in [0.717, 1.165) is 33.8 Å². The predicted molar refractivity (Wildman–Crippen MR) is 111 cm³/mol. The van der Waals surface area contributed by atoms with Crippen LogP contribution in [0.25, 0.3) is 0 Å². The molecule has 6 heteroatoms. The summed E-state index contributed by atoms with van der Waals surface area (Å²) in [4.78, 5) is 12.5. The molecule has 140 valence electrons. The molecule has 0 unspecified atom stereocenters. The topological polar surface area (TPSA) is 59.0 Å². The maximum atomic E-state index is 12.5. The minimum Gasteiger partial charge on any atom is -0.308 e. The standard InChI is InChI=1S/C21H23ClN4O/c1-13-9-14(2)11-18(10-13)23-21(27)24-20-15(3)25-26(16(20)4)12-17-7-5-6-8-19(17)22/h5-11H,12H2,1-4H3,(H2,23,24,27). The first-order valence-corrected chi connectivity index (χ1v) is 9.15. The van der Waals surface area contributed by atoms with Crippen LogP contribution in [0.2, 0.25) is 5.02 Å². The molecule has 0 saturated heterocycles. The van der Waals surface area contributed by atoms with Gasteiger partial charge in [0.2, 0.25) is 0 Å². The van der Waals surface area contributed by atoms with Crippen LogP contribution in [0.1, 0.15) is 28.1 Å². The number of nitrogens with one attached hydrogen (secondary N) is 2. The van der Waals surface area contributed by atoms with Crippen molar-refractivity contribution in [3.63, 3.8) is 0 Å². The zero-order valence-electron chi connectivity index (χ0n) is 15.9. The Morgan fingerprint density at radius 1 is 1.04 bits per heavy atom.